The molecule has 190 valence electrons. The number of benzene rings is 3. The van der Waals surface area contributed by atoms with Gasteiger partial charge in [0.15, 0.2) is 22.8 Å². The van der Waals surface area contributed by atoms with Gasteiger partial charge in [0.1, 0.15) is 12.3 Å². The molecule has 0 radical (unpaired) electrons. The molecule has 3 aromatic carbocycles. The van der Waals surface area contributed by atoms with Crippen molar-refractivity contribution in [3.63, 3.8) is 0 Å². The van der Waals surface area contributed by atoms with Gasteiger partial charge in [-0.1, -0.05) is 67.2 Å². The Labute approximate surface area is 228 Å². The fourth-order valence-electron chi connectivity index (χ4n) is 4.18. The molecule has 5 rings (SSSR count). The SMILES string of the molecule is CCCSC1=NN2C(=c3ccccc3=N[C@H]2c2cc(Br)c(OCc3ccccc3)c(OCC)c2)C(=O)N1. The molecule has 2 aliphatic heterocycles. The summed E-state index contributed by atoms with van der Waals surface area (Å²) in [4.78, 5) is 18.3. The highest BCUT2D eigenvalue weighted by Crippen LogP contribution is 2.41. The van der Waals surface area contributed by atoms with Gasteiger partial charge in [0, 0.05) is 16.5 Å². The Morgan fingerprint density at radius 3 is 2.62 bits per heavy atom. The number of amides is 1. The van der Waals surface area contributed by atoms with Crippen molar-refractivity contribution in [1.82, 2.24) is 10.3 Å². The first-order chi connectivity index (χ1) is 18.1. The molecule has 0 aliphatic carbocycles. The van der Waals surface area contributed by atoms with Crippen LogP contribution in [0.2, 0.25) is 0 Å². The Hall–Kier alpha value is -3.30. The van der Waals surface area contributed by atoms with E-state index in [1.165, 1.54) is 11.8 Å². The van der Waals surface area contributed by atoms with Crippen LogP contribution in [-0.4, -0.2) is 28.4 Å². The molecule has 0 spiro atoms. The van der Waals surface area contributed by atoms with Gasteiger partial charge in [-0.3, -0.25) is 15.1 Å². The molecule has 0 saturated carbocycles. The number of hydrazone groups is 1. The van der Waals surface area contributed by atoms with Crippen LogP contribution < -0.4 is 25.4 Å². The second-order valence-electron chi connectivity index (χ2n) is 8.46. The number of fused-ring (bicyclic) bond motifs is 2. The molecular weight excluding hydrogens is 552 g/mol. The summed E-state index contributed by atoms with van der Waals surface area (Å²) < 4.78 is 12.9. The summed E-state index contributed by atoms with van der Waals surface area (Å²) in [6.45, 7) is 4.92. The number of hydrogen-bond donors (Lipinski definition) is 1. The Balaban J connectivity index is 1.58. The molecule has 0 bridgehead atoms. The number of rotatable bonds is 8. The monoisotopic (exact) mass is 578 g/mol. The number of amidine groups is 1. The molecular formula is C28H27BrN4O3S. The van der Waals surface area contributed by atoms with Gasteiger partial charge in [-0.05, 0) is 53.0 Å². The zero-order chi connectivity index (χ0) is 25.8. The molecule has 3 aromatic rings. The van der Waals surface area contributed by atoms with E-state index in [9.17, 15) is 4.79 Å². The standard InChI is InChI=1S/C28H27BrN4O3S/c1-3-14-37-28-31-27(34)24-20-12-8-9-13-22(20)30-26(33(24)32-28)19-15-21(29)25(23(16-19)35-4-2)36-17-18-10-6-5-7-11-18/h5-13,15-16,26H,3-4,14,17H2,1-2H3,(H,31,32,34)/t26-/m1/s1. The number of nitrogens with one attached hydrogen (secondary N) is 1. The number of carbonyl (C=O) groups is 1. The van der Waals surface area contributed by atoms with Crippen molar-refractivity contribution in [2.45, 2.75) is 33.0 Å². The van der Waals surface area contributed by atoms with Crippen LogP contribution in [0.3, 0.4) is 0 Å². The molecule has 7 nitrogen and oxygen atoms in total. The largest absolute Gasteiger partial charge is 0.490 e. The maximum atomic E-state index is 13.3. The van der Waals surface area contributed by atoms with Gasteiger partial charge in [0.25, 0.3) is 5.91 Å². The summed E-state index contributed by atoms with van der Waals surface area (Å²) >= 11 is 5.22. The summed E-state index contributed by atoms with van der Waals surface area (Å²) in [5.74, 6) is 1.89. The van der Waals surface area contributed by atoms with E-state index in [1.54, 1.807) is 5.01 Å². The van der Waals surface area contributed by atoms with Gasteiger partial charge >= 0.3 is 0 Å². The van der Waals surface area contributed by atoms with Crippen molar-refractivity contribution in [3.05, 3.63) is 92.9 Å². The van der Waals surface area contributed by atoms with Gasteiger partial charge in [-0.25, -0.2) is 5.01 Å². The number of nitrogens with zero attached hydrogens (tertiary/aromatic N) is 3. The molecule has 9 heteroatoms. The summed E-state index contributed by atoms with van der Waals surface area (Å²) in [7, 11) is 0. The molecule has 0 saturated heterocycles. The number of carbonyl (C=O) groups excluding carboxylic acids is 1. The number of ether oxygens (including phenoxy) is 2. The molecule has 0 aromatic heterocycles. The third kappa shape index (κ3) is 5.38. The number of hydrogen-bond acceptors (Lipinski definition) is 7. The van der Waals surface area contributed by atoms with Crippen LogP contribution >= 0.6 is 27.7 Å². The highest BCUT2D eigenvalue weighted by molar-refractivity contribution is 9.10. The zero-order valence-electron chi connectivity index (χ0n) is 20.6. The van der Waals surface area contributed by atoms with Crippen LogP contribution in [0.25, 0.3) is 5.70 Å². The van der Waals surface area contributed by atoms with Gasteiger partial charge < -0.3 is 9.47 Å². The van der Waals surface area contributed by atoms with E-state index in [-0.39, 0.29) is 5.91 Å². The average molecular weight is 580 g/mol. The Bertz CT molecular complexity index is 1460. The first kappa shape index (κ1) is 25.4. The summed E-state index contributed by atoms with van der Waals surface area (Å²) in [5, 5.41) is 11.6. The van der Waals surface area contributed by atoms with Gasteiger partial charge in [-0.2, -0.15) is 0 Å². The van der Waals surface area contributed by atoms with E-state index in [0.717, 1.165) is 38.3 Å². The maximum absolute atomic E-state index is 13.3. The van der Waals surface area contributed by atoms with Crippen molar-refractivity contribution in [3.8, 4) is 11.5 Å². The average Bonchev–Trinajstić information content (AvgIpc) is 2.91. The molecule has 1 atom stereocenters. The van der Waals surface area contributed by atoms with Crippen LogP contribution in [0.5, 0.6) is 11.5 Å². The second-order valence-corrected chi connectivity index (χ2v) is 10.4. The van der Waals surface area contributed by atoms with Gasteiger partial charge in [0.05, 0.1) is 16.4 Å². The highest BCUT2D eigenvalue weighted by atomic mass is 79.9. The van der Waals surface area contributed by atoms with E-state index >= 15 is 0 Å². The molecule has 1 N–H and O–H groups in total. The topological polar surface area (TPSA) is 75.5 Å². The fraction of sp³-hybridized carbons (Fsp3) is 0.250. The lowest BCUT2D eigenvalue weighted by atomic mass is 10.1. The molecule has 2 heterocycles. The van der Waals surface area contributed by atoms with Crippen molar-refractivity contribution < 1.29 is 14.3 Å². The number of thioether (sulfide) groups is 1. The predicted octanol–water partition coefficient (Wildman–Crippen LogP) is 4.71. The van der Waals surface area contributed by atoms with Crippen molar-refractivity contribution in [2.75, 3.05) is 12.4 Å². The Morgan fingerprint density at radius 2 is 1.84 bits per heavy atom. The van der Waals surface area contributed by atoms with Crippen LogP contribution in [-0.2, 0) is 11.4 Å². The Kier molecular flexibility index (Phi) is 7.81. The minimum atomic E-state index is -0.549. The number of halogens is 1. The third-order valence-corrected chi connectivity index (χ3v) is 7.47. The minimum absolute atomic E-state index is 0.187. The second kappa shape index (κ2) is 11.4. The quantitative estimate of drug-likeness (QED) is 0.419. The number of para-hydroxylation sites is 1. The van der Waals surface area contributed by atoms with Crippen molar-refractivity contribution >= 4 is 44.5 Å². The van der Waals surface area contributed by atoms with Crippen LogP contribution in [0.15, 0.2) is 81.3 Å². The van der Waals surface area contributed by atoms with Crippen molar-refractivity contribution in [2.24, 2.45) is 10.1 Å². The molecule has 37 heavy (non-hydrogen) atoms. The lowest BCUT2D eigenvalue weighted by Crippen LogP contribution is -2.50. The normalized spacial score (nSPS) is 16.2. The van der Waals surface area contributed by atoms with Crippen LogP contribution in [0.1, 0.15) is 37.6 Å². The lowest BCUT2D eigenvalue weighted by molar-refractivity contribution is -0.116. The van der Waals surface area contributed by atoms with Gasteiger partial charge in [0.2, 0.25) is 0 Å². The van der Waals surface area contributed by atoms with E-state index in [0.29, 0.717) is 35.6 Å². The summed E-state index contributed by atoms with van der Waals surface area (Å²) in [6, 6.07) is 21.5. The fourth-order valence-corrected chi connectivity index (χ4v) is 5.46. The van der Waals surface area contributed by atoms with E-state index in [1.807, 2.05) is 73.7 Å². The molecule has 2 aliphatic rings. The smallest absolute Gasteiger partial charge is 0.276 e. The van der Waals surface area contributed by atoms with E-state index in [4.69, 9.17) is 19.6 Å². The van der Waals surface area contributed by atoms with Crippen LogP contribution in [0, 0.1) is 0 Å². The first-order valence-corrected chi connectivity index (χ1v) is 14.0. The lowest BCUT2D eigenvalue weighted by Gasteiger charge is -2.34. The molecule has 0 unspecified atom stereocenters. The Morgan fingerprint density at radius 1 is 1.05 bits per heavy atom. The van der Waals surface area contributed by atoms with Gasteiger partial charge in [-0.15, -0.1) is 5.10 Å². The zero-order valence-corrected chi connectivity index (χ0v) is 23.0. The molecule has 1 amide bonds. The highest BCUT2D eigenvalue weighted by Gasteiger charge is 2.35. The third-order valence-electron chi connectivity index (χ3n) is 5.81. The van der Waals surface area contributed by atoms with Crippen LogP contribution in [0.4, 0.5) is 0 Å². The first-order valence-electron chi connectivity index (χ1n) is 12.2. The summed E-state index contributed by atoms with van der Waals surface area (Å²) in [6.07, 6.45) is 0.425. The predicted molar refractivity (Wildman–Crippen MR) is 150 cm³/mol. The van der Waals surface area contributed by atoms with Crippen molar-refractivity contribution in [1.29, 1.82) is 0 Å². The summed E-state index contributed by atoms with van der Waals surface area (Å²) in [5.41, 5.74) is 2.37. The minimum Gasteiger partial charge on any atom is -0.490 e. The van der Waals surface area contributed by atoms with E-state index in [2.05, 4.69) is 28.2 Å². The molecule has 0 fully saturated rings. The maximum Gasteiger partial charge on any atom is 0.276 e. The van der Waals surface area contributed by atoms with E-state index < -0.39 is 6.17 Å².